The number of methoxy groups -OCH3 is 1. The first-order valence-electron chi connectivity index (χ1n) is 10.4. The first-order chi connectivity index (χ1) is 17.5. The molecule has 0 aliphatic rings. The second-order valence-electron chi connectivity index (χ2n) is 7.42. The predicted molar refractivity (Wildman–Crippen MR) is 125 cm³/mol. The lowest BCUT2D eigenvalue weighted by atomic mass is 10.0. The molecule has 0 bridgehead atoms. The first-order valence-corrected chi connectivity index (χ1v) is 10.8. The van der Waals surface area contributed by atoms with E-state index in [1.807, 2.05) is 6.92 Å². The number of H-pyrrole nitrogens is 1. The molecule has 37 heavy (non-hydrogen) atoms. The van der Waals surface area contributed by atoms with Crippen LogP contribution in [0.3, 0.4) is 0 Å². The standard InChI is InChI=1S/C19H20ClN7O3.C2HF3O2/c1-10(24-19(28)14-17(21)26-27-5-3-4-22-18(14)27)11-8-13(20)12-9-23-25-15(12)16(11)30-7-6-29-2;3-2(4,5)1(6)7/h3-5,8-10H,6-7H2,1-2H3,(H2,21,26)(H,23,25)(H,24,28);(H,6,7). The molecule has 0 radical (unpaired) electrons. The van der Waals surface area contributed by atoms with E-state index in [9.17, 15) is 18.0 Å². The number of ether oxygens (including phenoxy) is 2. The molecule has 0 saturated heterocycles. The highest BCUT2D eigenvalue weighted by atomic mass is 35.5. The molecule has 5 N–H and O–H groups in total. The van der Waals surface area contributed by atoms with Gasteiger partial charge in [-0.15, -0.1) is 5.10 Å². The number of carbonyl (C=O) groups is 2. The lowest BCUT2D eigenvalue weighted by Gasteiger charge is -2.19. The molecule has 0 aliphatic carbocycles. The molecule has 0 saturated carbocycles. The molecule has 16 heteroatoms. The monoisotopic (exact) mass is 543 g/mol. The van der Waals surface area contributed by atoms with E-state index >= 15 is 0 Å². The number of benzene rings is 1. The van der Waals surface area contributed by atoms with E-state index in [1.54, 1.807) is 37.8 Å². The number of aromatic nitrogens is 5. The molecule has 3 heterocycles. The summed E-state index contributed by atoms with van der Waals surface area (Å²) in [4.78, 5) is 26.1. The molecular formula is C21H21ClF3N7O5. The van der Waals surface area contributed by atoms with Gasteiger partial charge in [0.15, 0.2) is 11.5 Å². The lowest BCUT2D eigenvalue weighted by Crippen LogP contribution is -2.28. The average molecular weight is 544 g/mol. The first kappa shape index (κ1) is 27.5. The third-order valence-electron chi connectivity index (χ3n) is 4.91. The van der Waals surface area contributed by atoms with Crippen LogP contribution in [0.5, 0.6) is 5.75 Å². The van der Waals surface area contributed by atoms with Crippen LogP contribution in [-0.4, -0.2) is 68.3 Å². The molecule has 0 aliphatic heterocycles. The van der Waals surface area contributed by atoms with E-state index in [-0.39, 0.29) is 11.4 Å². The van der Waals surface area contributed by atoms with Crippen LogP contribution in [0.2, 0.25) is 5.02 Å². The molecule has 3 aromatic heterocycles. The number of hydrogen-bond donors (Lipinski definition) is 4. The van der Waals surface area contributed by atoms with Crippen molar-refractivity contribution in [2.75, 3.05) is 26.1 Å². The Morgan fingerprint density at radius 3 is 2.70 bits per heavy atom. The van der Waals surface area contributed by atoms with Crippen LogP contribution in [0.4, 0.5) is 19.0 Å². The van der Waals surface area contributed by atoms with Gasteiger partial charge < -0.3 is 25.6 Å². The van der Waals surface area contributed by atoms with E-state index in [2.05, 4.69) is 25.6 Å². The summed E-state index contributed by atoms with van der Waals surface area (Å²) in [5.41, 5.74) is 7.87. The van der Waals surface area contributed by atoms with Crippen LogP contribution in [0.1, 0.15) is 28.9 Å². The van der Waals surface area contributed by atoms with Gasteiger partial charge in [0, 0.05) is 30.5 Å². The summed E-state index contributed by atoms with van der Waals surface area (Å²) in [7, 11) is 1.59. The number of nitrogens with one attached hydrogen (secondary N) is 2. The smallest absolute Gasteiger partial charge is 0.489 e. The van der Waals surface area contributed by atoms with Gasteiger partial charge in [-0.2, -0.15) is 18.3 Å². The van der Waals surface area contributed by atoms with E-state index in [0.717, 1.165) is 5.39 Å². The number of rotatable bonds is 7. The van der Waals surface area contributed by atoms with E-state index < -0.39 is 24.1 Å². The maximum absolute atomic E-state index is 13.0. The zero-order valence-electron chi connectivity index (χ0n) is 19.3. The van der Waals surface area contributed by atoms with Gasteiger partial charge in [-0.05, 0) is 19.1 Å². The molecule has 1 unspecified atom stereocenters. The van der Waals surface area contributed by atoms with Gasteiger partial charge in [-0.25, -0.2) is 14.3 Å². The number of nitrogens with zero attached hydrogens (tertiary/aromatic N) is 4. The Hall–Kier alpha value is -4.11. The van der Waals surface area contributed by atoms with Crippen LogP contribution in [0.15, 0.2) is 30.7 Å². The quantitative estimate of drug-likeness (QED) is 0.256. The molecule has 1 aromatic carbocycles. The van der Waals surface area contributed by atoms with Gasteiger partial charge in [0.05, 0.1) is 23.9 Å². The number of fused-ring (bicyclic) bond motifs is 2. The summed E-state index contributed by atoms with van der Waals surface area (Å²) < 4.78 is 44.2. The number of aliphatic carboxylic acids is 1. The van der Waals surface area contributed by atoms with Crippen molar-refractivity contribution >= 4 is 45.8 Å². The summed E-state index contributed by atoms with van der Waals surface area (Å²) in [6.45, 7) is 2.55. The fourth-order valence-electron chi connectivity index (χ4n) is 3.24. The summed E-state index contributed by atoms with van der Waals surface area (Å²) in [5, 5.41) is 22.4. The van der Waals surface area contributed by atoms with Crippen molar-refractivity contribution in [1.29, 1.82) is 0 Å². The number of carboxylic acids is 1. The Kier molecular flexibility index (Phi) is 8.39. The number of amides is 1. The van der Waals surface area contributed by atoms with Crippen molar-refractivity contribution in [3.05, 3.63) is 46.9 Å². The molecule has 1 atom stereocenters. The number of carbonyl (C=O) groups excluding carboxylic acids is 1. The minimum absolute atomic E-state index is 0.0945. The highest BCUT2D eigenvalue weighted by Gasteiger charge is 2.38. The number of halogens is 4. The van der Waals surface area contributed by atoms with E-state index in [1.165, 1.54) is 4.52 Å². The Balaban J connectivity index is 0.000000479. The molecule has 0 fully saturated rings. The minimum Gasteiger partial charge on any atom is -0.489 e. The number of alkyl halides is 3. The third kappa shape index (κ3) is 6.18. The summed E-state index contributed by atoms with van der Waals surface area (Å²) in [6.07, 6.45) is -0.212. The Morgan fingerprint density at radius 2 is 2.05 bits per heavy atom. The third-order valence-corrected chi connectivity index (χ3v) is 5.22. The average Bonchev–Trinajstić information content (AvgIpc) is 3.44. The van der Waals surface area contributed by atoms with Crippen molar-refractivity contribution in [2.24, 2.45) is 0 Å². The second-order valence-corrected chi connectivity index (χ2v) is 7.83. The predicted octanol–water partition coefficient (Wildman–Crippen LogP) is 2.99. The highest BCUT2D eigenvalue weighted by Crippen LogP contribution is 2.37. The van der Waals surface area contributed by atoms with Crippen LogP contribution in [-0.2, 0) is 9.53 Å². The number of nitrogen functional groups attached to an aromatic ring is 1. The minimum atomic E-state index is -5.08. The second kappa shape index (κ2) is 11.3. The Morgan fingerprint density at radius 1 is 1.35 bits per heavy atom. The van der Waals surface area contributed by atoms with Crippen molar-refractivity contribution < 1.29 is 37.3 Å². The van der Waals surface area contributed by atoms with E-state index in [0.29, 0.717) is 40.7 Å². The van der Waals surface area contributed by atoms with Gasteiger partial charge >= 0.3 is 12.1 Å². The maximum atomic E-state index is 13.0. The summed E-state index contributed by atoms with van der Waals surface area (Å²) in [5.74, 6) is -2.52. The zero-order chi connectivity index (χ0) is 27.3. The Labute approximate surface area is 211 Å². The molecule has 4 aromatic rings. The van der Waals surface area contributed by atoms with Crippen molar-refractivity contribution in [3.8, 4) is 5.75 Å². The number of nitrogens with two attached hydrogens (primary N) is 1. The number of aromatic amines is 1. The lowest BCUT2D eigenvalue weighted by molar-refractivity contribution is -0.192. The van der Waals surface area contributed by atoms with Crippen LogP contribution < -0.4 is 15.8 Å². The number of hydrogen-bond acceptors (Lipinski definition) is 8. The largest absolute Gasteiger partial charge is 0.490 e. The Bertz CT molecular complexity index is 1420. The van der Waals surface area contributed by atoms with Crippen LogP contribution in [0, 0.1) is 0 Å². The molecule has 1 amide bonds. The van der Waals surface area contributed by atoms with Crippen LogP contribution in [0.25, 0.3) is 16.6 Å². The molecule has 0 spiro atoms. The molecule has 198 valence electrons. The van der Waals surface area contributed by atoms with Crippen molar-refractivity contribution in [3.63, 3.8) is 0 Å². The van der Waals surface area contributed by atoms with Gasteiger partial charge in [-0.1, -0.05) is 11.6 Å². The molecular weight excluding hydrogens is 523 g/mol. The van der Waals surface area contributed by atoms with E-state index in [4.69, 9.17) is 36.7 Å². The topological polar surface area (TPSA) is 170 Å². The number of anilines is 1. The zero-order valence-corrected chi connectivity index (χ0v) is 20.1. The van der Waals surface area contributed by atoms with Crippen molar-refractivity contribution in [1.82, 2.24) is 30.1 Å². The SMILES string of the molecule is COCCOc1c(C(C)NC(=O)c2c(N)nn3cccnc23)cc(Cl)c2cn[nH]c12.O=C(O)C(F)(F)F. The van der Waals surface area contributed by atoms with Gasteiger partial charge in [0.25, 0.3) is 5.91 Å². The molecule has 12 nitrogen and oxygen atoms in total. The summed E-state index contributed by atoms with van der Waals surface area (Å²) in [6, 6.07) is 3.00. The van der Waals surface area contributed by atoms with Gasteiger partial charge in [-0.3, -0.25) is 9.89 Å². The summed E-state index contributed by atoms with van der Waals surface area (Å²) >= 11 is 6.42. The van der Waals surface area contributed by atoms with Gasteiger partial charge in [0.1, 0.15) is 23.4 Å². The van der Waals surface area contributed by atoms with Gasteiger partial charge in [0.2, 0.25) is 0 Å². The fourth-order valence-corrected chi connectivity index (χ4v) is 3.50. The van der Waals surface area contributed by atoms with Crippen LogP contribution >= 0.6 is 11.6 Å². The highest BCUT2D eigenvalue weighted by molar-refractivity contribution is 6.35. The number of carboxylic acid groups (broad SMARTS) is 1. The van der Waals surface area contributed by atoms with Crippen molar-refractivity contribution in [2.45, 2.75) is 19.1 Å². The fraction of sp³-hybridized carbons (Fsp3) is 0.286. The normalized spacial score (nSPS) is 12.2. The maximum Gasteiger partial charge on any atom is 0.490 e. The molecule has 4 rings (SSSR count).